The topological polar surface area (TPSA) is 30.2 Å². The van der Waals surface area contributed by atoms with Crippen LogP contribution >= 0.6 is 0 Å². The first-order chi connectivity index (χ1) is 9.72. The fraction of sp³-hybridized carbons (Fsp3) is 0.118. The average molecular weight is 268 g/mol. The van der Waals surface area contributed by atoms with Crippen LogP contribution in [-0.2, 0) is 12.8 Å². The number of halogens is 1. The number of para-hydroxylation sites is 1. The van der Waals surface area contributed by atoms with Crippen molar-refractivity contribution in [3.8, 4) is 0 Å². The maximum atomic E-state index is 12.8. The zero-order valence-electron chi connectivity index (χ0n) is 10.8. The molecule has 2 nitrogen and oxygen atoms in total. The average Bonchev–Trinajstić information content (AvgIpc) is 2.47. The van der Waals surface area contributed by atoms with Crippen LogP contribution < -0.4 is 5.43 Å². The number of fused-ring (bicyclic) bond motifs is 1. The molecule has 0 unspecified atom stereocenters. The molecule has 3 aromatic rings. The van der Waals surface area contributed by atoms with Gasteiger partial charge in [-0.15, -0.1) is 0 Å². The van der Waals surface area contributed by atoms with E-state index in [-0.39, 0.29) is 11.2 Å². The van der Waals surface area contributed by atoms with Crippen molar-refractivity contribution >= 4 is 11.0 Å². The van der Waals surface area contributed by atoms with Gasteiger partial charge in [-0.25, -0.2) is 4.39 Å². The molecule has 1 aromatic heterocycles. The molecule has 0 fully saturated rings. The van der Waals surface area contributed by atoms with E-state index in [0.29, 0.717) is 29.6 Å². The second kappa shape index (κ2) is 5.29. The summed E-state index contributed by atoms with van der Waals surface area (Å²) in [6.07, 6.45) is 1.33. The van der Waals surface area contributed by atoms with Gasteiger partial charge in [0.2, 0.25) is 0 Å². The van der Waals surface area contributed by atoms with Crippen molar-refractivity contribution in [3.05, 3.63) is 82.0 Å². The first kappa shape index (κ1) is 12.6. The van der Waals surface area contributed by atoms with E-state index in [1.807, 2.05) is 12.1 Å². The SMILES string of the molecule is O=c1cc(CCc2ccc(F)cc2)oc2ccccc12. The van der Waals surface area contributed by atoms with Gasteiger partial charge < -0.3 is 4.42 Å². The highest BCUT2D eigenvalue weighted by Crippen LogP contribution is 2.14. The summed E-state index contributed by atoms with van der Waals surface area (Å²) in [6.45, 7) is 0. The molecule has 0 aliphatic heterocycles. The summed E-state index contributed by atoms with van der Waals surface area (Å²) in [5, 5.41) is 0.595. The van der Waals surface area contributed by atoms with Crippen molar-refractivity contribution in [2.75, 3.05) is 0 Å². The fourth-order valence-corrected chi connectivity index (χ4v) is 2.20. The van der Waals surface area contributed by atoms with Crippen LogP contribution in [0.25, 0.3) is 11.0 Å². The maximum Gasteiger partial charge on any atom is 0.192 e. The summed E-state index contributed by atoms with van der Waals surface area (Å²) in [6, 6.07) is 15.1. The van der Waals surface area contributed by atoms with Crippen LogP contribution in [0, 0.1) is 5.82 Å². The molecule has 0 spiro atoms. The van der Waals surface area contributed by atoms with Crippen molar-refractivity contribution < 1.29 is 8.81 Å². The van der Waals surface area contributed by atoms with Crippen molar-refractivity contribution in [1.82, 2.24) is 0 Å². The van der Waals surface area contributed by atoms with E-state index in [4.69, 9.17) is 4.42 Å². The number of hydrogen-bond acceptors (Lipinski definition) is 2. The molecule has 0 N–H and O–H groups in total. The van der Waals surface area contributed by atoms with E-state index in [2.05, 4.69) is 0 Å². The third-order valence-electron chi connectivity index (χ3n) is 3.26. The van der Waals surface area contributed by atoms with E-state index < -0.39 is 0 Å². The van der Waals surface area contributed by atoms with Gasteiger partial charge in [0.25, 0.3) is 0 Å². The normalized spacial score (nSPS) is 10.8. The lowest BCUT2D eigenvalue weighted by Crippen LogP contribution is -2.03. The summed E-state index contributed by atoms with van der Waals surface area (Å²) >= 11 is 0. The summed E-state index contributed by atoms with van der Waals surface area (Å²) < 4.78 is 18.5. The van der Waals surface area contributed by atoms with Crippen molar-refractivity contribution in [2.24, 2.45) is 0 Å². The highest BCUT2D eigenvalue weighted by Gasteiger charge is 2.04. The molecule has 1 heterocycles. The Balaban J connectivity index is 1.84. The summed E-state index contributed by atoms with van der Waals surface area (Å²) in [5.74, 6) is 0.406. The summed E-state index contributed by atoms with van der Waals surface area (Å²) in [5.41, 5.74) is 1.59. The molecule has 20 heavy (non-hydrogen) atoms. The van der Waals surface area contributed by atoms with Crippen molar-refractivity contribution in [3.63, 3.8) is 0 Å². The second-order valence-electron chi connectivity index (χ2n) is 4.70. The quantitative estimate of drug-likeness (QED) is 0.724. The van der Waals surface area contributed by atoms with Gasteiger partial charge in [0.05, 0.1) is 5.39 Å². The Hall–Kier alpha value is -2.42. The summed E-state index contributed by atoms with van der Waals surface area (Å²) in [7, 11) is 0. The predicted molar refractivity (Wildman–Crippen MR) is 76.3 cm³/mol. The first-order valence-corrected chi connectivity index (χ1v) is 6.48. The smallest absolute Gasteiger partial charge is 0.192 e. The number of rotatable bonds is 3. The van der Waals surface area contributed by atoms with Gasteiger partial charge in [-0.1, -0.05) is 24.3 Å². The zero-order valence-corrected chi connectivity index (χ0v) is 10.8. The van der Waals surface area contributed by atoms with Crippen LogP contribution in [0.1, 0.15) is 11.3 Å². The molecule has 0 saturated heterocycles. The highest BCUT2D eigenvalue weighted by molar-refractivity contribution is 5.76. The Kier molecular flexibility index (Phi) is 3.33. The largest absolute Gasteiger partial charge is 0.461 e. The van der Waals surface area contributed by atoms with Crippen molar-refractivity contribution in [2.45, 2.75) is 12.8 Å². The monoisotopic (exact) mass is 268 g/mol. The number of aryl methyl sites for hydroxylation is 2. The minimum absolute atomic E-state index is 0.0269. The van der Waals surface area contributed by atoms with E-state index >= 15 is 0 Å². The highest BCUT2D eigenvalue weighted by atomic mass is 19.1. The molecule has 0 aliphatic carbocycles. The molecular weight excluding hydrogens is 255 g/mol. The van der Waals surface area contributed by atoms with Crippen LogP contribution in [0.5, 0.6) is 0 Å². The third-order valence-corrected chi connectivity index (χ3v) is 3.26. The lowest BCUT2D eigenvalue weighted by atomic mass is 10.1. The minimum atomic E-state index is -0.244. The van der Waals surface area contributed by atoms with E-state index in [1.165, 1.54) is 18.2 Å². The standard InChI is InChI=1S/C17H13FO2/c18-13-8-5-12(6-9-13)7-10-14-11-16(19)15-3-1-2-4-17(15)20-14/h1-6,8-9,11H,7,10H2. The van der Waals surface area contributed by atoms with E-state index in [9.17, 15) is 9.18 Å². The Labute approximate surface area is 115 Å². The molecule has 2 aromatic carbocycles. The van der Waals surface area contributed by atoms with E-state index in [1.54, 1.807) is 24.3 Å². The molecule has 0 bridgehead atoms. The lowest BCUT2D eigenvalue weighted by Gasteiger charge is -2.03. The summed E-state index contributed by atoms with van der Waals surface area (Å²) in [4.78, 5) is 11.9. The van der Waals surface area contributed by atoms with Crippen LogP contribution in [0.3, 0.4) is 0 Å². The Morgan fingerprint density at radius 1 is 0.950 bits per heavy atom. The van der Waals surface area contributed by atoms with Crippen LogP contribution in [-0.4, -0.2) is 0 Å². The Morgan fingerprint density at radius 3 is 2.50 bits per heavy atom. The molecule has 100 valence electrons. The molecular formula is C17H13FO2. The molecule has 3 heteroatoms. The van der Waals surface area contributed by atoms with E-state index in [0.717, 1.165) is 5.56 Å². The molecule has 0 saturated carbocycles. The van der Waals surface area contributed by atoms with Gasteiger partial charge in [0.15, 0.2) is 5.43 Å². The Bertz CT molecular complexity index is 788. The van der Waals surface area contributed by atoms with Gasteiger partial charge in [0.1, 0.15) is 17.2 Å². The molecule has 0 amide bonds. The first-order valence-electron chi connectivity index (χ1n) is 6.48. The molecule has 0 atom stereocenters. The van der Waals surface area contributed by atoms with Crippen molar-refractivity contribution in [1.29, 1.82) is 0 Å². The fourth-order valence-electron chi connectivity index (χ4n) is 2.20. The number of benzene rings is 2. The van der Waals surface area contributed by atoms with Gasteiger partial charge in [0, 0.05) is 12.5 Å². The van der Waals surface area contributed by atoms with Crippen LogP contribution in [0.2, 0.25) is 0 Å². The zero-order chi connectivity index (χ0) is 13.9. The Morgan fingerprint density at radius 2 is 1.70 bits per heavy atom. The maximum absolute atomic E-state index is 12.8. The molecule has 3 rings (SSSR count). The van der Waals surface area contributed by atoms with Gasteiger partial charge in [-0.2, -0.15) is 0 Å². The second-order valence-corrected chi connectivity index (χ2v) is 4.70. The number of hydrogen-bond donors (Lipinski definition) is 0. The lowest BCUT2D eigenvalue weighted by molar-refractivity contribution is 0.534. The minimum Gasteiger partial charge on any atom is -0.461 e. The molecule has 0 aliphatic rings. The third kappa shape index (κ3) is 2.62. The van der Waals surface area contributed by atoms with Gasteiger partial charge in [-0.05, 0) is 36.2 Å². The van der Waals surface area contributed by atoms with Gasteiger partial charge in [-0.3, -0.25) is 4.79 Å². The molecule has 0 radical (unpaired) electrons. The predicted octanol–water partition coefficient (Wildman–Crippen LogP) is 3.72. The van der Waals surface area contributed by atoms with Crippen LogP contribution in [0.4, 0.5) is 4.39 Å². The van der Waals surface area contributed by atoms with Crippen LogP contribution in [0.15, 0.2) is 63.8 Å². The van der Waals surface area contributed by atoms with Gasteiger partial charge >= 0.3 is 0 Å².